The van der Waals surface area contributed by atoms with Gasteiger partial charge in [0.25, 0.3) is 0 Å². The van der Waals surface area contributed by atoms with E-state index < -0.39 is 0 Å². The predicted octanol–water partition coefficient (Wildman–Crippen LogP) is 2.15. The number of nitrogens with zero attached hydrogens (tertiary/aromatic N) is 4. The molecule has 1 N–H and O–H groups in total. The molecular weight excluding hydrogens is 326 g/mol. The lowest BCUT2D eigenvalue weighted by molar-refractivity contribution is -0.0126. The lowest BCUT2D eigenvalue weighted by atomic mass is 9.78. The van der Waals surface area contributed by atoms with Crippen LogP contribution in [0.3, 0.4) is 0 Å². The largest absolute Gasteiger partial charge is 0.366 e. The number of carbonyl (C=O) groups is 1. The van der Waals surface area contributed by atoms with Crippen molar-refractivity contribution < 1.29 is 4.79 Å². The maximum Gasteiger partial charge on any atom is 0.328 e. The molecule has 136 valence electrons. The van der Waals surface area contributed by atoms with Crippen molar-refractivity contribution in [1.82, 2.24) is 19.8 Å². The van der Waals surface area contributed by atoms with Crippen LogP contribution in [0, 0.1) is 17.8 Å². The van der Waals surface area contributed by atoms with Gasteiger partial charge in [0.2, 0.25) is 0 Å². The number of carbonyl (C=O) groups excluding carboxylic acids is 1. The Labute approximate surface area is 154 Å². The molecule has 2 saturated heterocycles. The topological polar surface area (TPSA) is 53.4 Å². The van der Waals surface area contributed by atoms with Crippen LogP contribution in [0.15, 0.2) is 24.5 Å². The number of imidazole rings is 1. The van der Waals surface area contributed by atoms with Gasteiger partial charge in [0.05, 0.1) is 23.3 Å². The molecule has 2 aliphatic rings. The molecule has 0 unspecified atom stereocenters. The summed E-state index contributed by atoms with van der Waals surface area (Å²) in [4.78, 5) is 21.8. The van der Waals surface area contributed by atoms with E-state index in [2.05, 4.69) is 45.1 Å². The second-order valence-corrected chi connectivity index (χ2v) is 7.65. The first kappa shape index (κ1) is 16.9. The van der Waals surface area contributed by atoms with Gasteiger partial charge in [-0.2, -0.15) is 0 Å². The van der Waals surface area contributed by atoms with Crippen LogP contribution < -0.4 is 10.2 Å². The highest BCUT2D eigenvalue weighted by molar-refractivity contribution is 5.95. The minimum Gasteiger partial charge on any atom is -0.366 e. The number of hydrogen-bond donors (Lipinski definition) is 1. The maximum absolute atomic E-state index is 12.5. The minimum atomic E-state index is -0.193. The summed E-state index contributed by atoms with van der Waals surface area (Å²) in [6, 6.07) is 5.84. The first-order valence-corrected chi connectivity index (χ1v) is 9.19. The quantitative estimate of drug-likeness (QED) is 0.843. The average molecular weight is 351 g/mol. The zero-order valence-corrected chi connectivity index (χ0v) is 15.6. The Morgan fingerprint density at radius 1 is 1.38 bits per heavy atom. The van der Waals surface area contributed by atoms with E-state index in [9.17, 15) is 4.79 Å². The zero-order chi connectivity index (χ0) is 18.3. The maximum atomic E-state index is 12.5. The van der Waals surface area contributed by atoms with E-state index in [1.54, 1.807) is 10.9 Å². The lowest BCUT2D eigenvalue weighted by Crippen LogP contribution is -2.75. The average Bonchev–Trinajstić information content (AvgIpc) is 3.01. The second-order valence-electron chi connectivity index (χ2n) is 7.65. The fourth-order valence-corrected chi connectivity index (χ4v) is 3.79. The summed E-state index contributed by atoms with van der Waals surface area (Å²) in [5.74, 6) is 6.32. The first-order valence-electron chi connectivity index (χ1n) is 9.19. The molecular formula is C20H25N5O. The number of benzene rings is 1. The molecule has 2 fully saturated rings. The summed E-state index contributed by atoms with van der Waals surface area (Å²) in [6.07, 6.45) is 2.87. The molecule has 0 atom stereocenters. The molecule has 1 spiro atoms. The Bertz CT molecular complexity index is 898. The molecule has 4 rings (SSSR count). The van der Waals surface area contributed by atoms with E-state index in [1.165, 1.54) is 13.0 Å². The van der Waals surface area contributed by atoms with Crippen molar-refractivity contribution in [1.29, 1.82) is 0 Å². The highest BCUT2D eigenvalue weighted by Crippen LogP contribution is 2.41. The number of likely N-dealkylation sites (tertiary alicyclic amines) is 1. The molecule has 3 heterocycles. The fourth-order valence-electron chi connectivity index (χ4n) is 3.79. The number of anilines is 1. The van der Waals surface area contributed by atoms with E-state index in [0.717, 1.165) is 29.8 Å². The summed E-state index contributed by atoms with van der Waals surface area (Å²) >= 11 is 0. The molecule has 0 saturated carbocycles. The number of aromatic nitrogens is 2. The van der Waals surface area contributed by atoms with Gasteiger partial charge in [0, 0.05) is 25.6 Å². The van der Waals surface area contributed by atoms with Gasteiger partial charge in [-0.15, -0.1) is 0 Å². The van der Waals surface area contributed by atoms with E-state index in [4.69, 9.17) is 0 Å². The smallest absolute Gasteiger partial charge is 0.328 e. The minimum absolute atomic E-state index is 0.193. The highest BCUT2D eigenvalue weighted by Gasteiger charge is 2.51. The number of fused-ring (bicyclic) bond motifs is 1. The second kappa shape index (κ2) is 6.33. The first-order chi connectivity index (χ1) is 12.5. The van der Waals surface area contributed by atoms with Gasteiger partial charge in [-0.25, -0.2) is 9.78 Å². The van der Waals surface area contributed by atoms with Crippen LogP contribution in [0.4, 0.5) is 10.5 Å². The summed E-state index contributed by atoms with van der Waals surface area (Å²) in [5.41, 5.74) is 3.18. The lowest BCUT2D eigenvalue weighted by Gasteiger charge is -2.62. The summed E-state index contributed by atoms with van der Waals surface area (Å²) in [5, 5.41) is 2.84. The van der Waals surface area contributed by atoms with Crippen molar-refractivity contribution in [2.24, 2.45) is 5.92 Å². The molecule has 1 amide bonds. The van der Waals surface area contributed by atoms with Gasteiger partial charge >= 0.3 is 6.03 Å². The van der Waals surface area contributed by atoms with Crippen LogP contribution in [-0.2, 0) is 0 Å². The van der Waals surface area contributed by atoms with E-state index >= 15 is 0 Å². The molecule has 0 radical (unpaired) electrons. The predicted molar refractivity (Wildman–Crippen MR) is 103 cm³/mol. The molecule has 6 nitrogen and oxygen atoms in total. The molecule has 0 bridgehead atoms. The normalized spacial score (nSPS) is 18.4. The van der Waals surface area contributed by atoms with Gasteiger partial charge in [0.1, 0.15) is 11.8 Å². The van der Waals surface area contributed by atoms with E-state index in [0.29, 0.717) is 18.0 Å². The monoisotopic (exact) mass is 351 g/mol. The Kier molecular flexibility index (Phi) is 4.12. The summed E-state index contributed by atoms with van der Waals surface area (Å²) in [7, 11) is 2.20. The van der Waals surface area contributed by atoms with E-state index in [-0.39, 0.29) is 6.03 Å². The molecule has 0 aliphatic carbocycles. The Hall–Kier alpha value is -2.52. The number of nitrogens with one attached hydrogen (secondary N) is 1. The van der Waals surface area contributed by atoms with Crippen LogP contribution in [-0.4, -0.2) is 59.2 Å². The number of amides is 1. The number of likely N-dealkylation sites (N-methyl/N-ethyl adjacent to an activating group) is 1. The summed E-state index contributed by atoms with van der Waals surface area (Å²) < 4.78 is 1.57. The van der Waals surface area contributed by atoms with Crippen molar-refractivity contribution in [3.63, 3.8) is 0 Å². The third kappa shape index (κ3) is 2.73. The molecule has 2 aromatic rings. The van der Waals surface area contributed by atoms with Crippen molar-refractivity contribution in [2.45, 2.75) is 25.8 Å². The van der Waals surface area contributed by atoms with Crippen LogP contribution in [0.5, 0.6) is 0 Å². The highest BCUT2D eigenvalue weighted by atomic mass is 16.2. The molecule has 26 heavy (non-hydrogen) atoms. The van der Waals surface area contributed by atoms with Crippen molar-refractivity contribution >= 4 is 22.8 Å². The van der Waals surface area contributed by atoms with Gasteiger partial charge in [0.15, 0.2) is 0 Å². The number of rotatable bonds is 2. The molecule has 6 heteroatoms. The third-order valence-electron chi connectivity index (χ3n) is 5.53. The van der Waals surface area contributed by atoms with Crippen LogP contribution >= 0.6 is 0 Å². The summed E-state index contributed by atoms with van der Waals surface area (Å²) in [6.45, 7) is 7.66. The van der Waals surface area contributed by atoms with Crippen LogP contribution in [0.2, 0.25) is 0 Å². The third-order valence-corrected chi connectivity index (χ3v) is 5.53. The molecule has 1 aromatic carbocycles. The Balaban J connectivity index is 1.51. The van der Waals surface area contributed by atoms with Gasteiger partial charge in [-0.3, -0.25) is 9.47 Å². The van der Waals surface area contributed by atoms with Crippen molar-refractivity contribution in [3.05, 3.63) is 24.5 Å². The molecule has 1 aromatic heterocycles. The Morgan fingerprint density at radius 3 is 2.85 bits per heavy atom. The van der Waals surface area contributed by atoms with E-state index in [1.807, 2.05) is 26.0 Å². The van der Waals surface area contributed by atoms with Gasteiger partial charge < -0.3 is 10.2 Å². The number of hydrogen-bond acceptors (Lipinski definition) is 4. The van der Waals surface area contributed by atoms with Crippen molar-refractivity contribution in [3.8, 4) is 11.8 Å². The van der Waals surface area contributed by atoms with Crippen molar-refractivity contribution in [2.75, 3.05) is 38.1 Å². The number of para-hydroxylation sites is 1. The van der Waals surface area contributed by atoms with Gasteiger partial charge in [-0.05, 0) is 25.6 Å². The standard InChI is InChI=1S/C20H25N5O/c1-15(2)6-5-10-21-19(26)25-14-22-18-16(7-4-8-17(18)25)24-12-20(13-24)9-11-23(20)3/h4,7-8,14-15H,9-13H2,1-3H3,(H,21,26). The zero-order valence-electron chi connectivity index (χ0n) is 15.6. The fraction of sp³-hybridized carbons (Fsp3) is 0.500. The van der Waals surface area contributed by atoms with Gasteiger partial charge in [-0.1, -0.05) is 31.8 Å². The molecule has 2 aliphatic heterocycles. The SMILES string of the molecule is CC(C)C#CCNC(=O)n1cnc2c(N3CC4(CCN4C)C3)cccc21. The van der Waals surface area contributed by atoms with Crippen LogP contribution in [0.25, 0.3) is 11.0 Å². The van der Waals surface area contributed by atoms with Crippen LogP contribution in [0.1, 0.15) is 20.3 Å². The Morgan fingerprint density at radius 2 is 2.19 bits per heavy atom.